The summed E-state index contributed by atoms with van der Waals surface area (Å²) in [5.41, 5.74) is 0. The number of rotatable bonds is 7. The maximum absolute atomic E-state index is 9.87. The molecule has 1 radical (unpaired) electrons. The number of allylic oxidation sites excluding steroid dienone is 2. The van der Waals surface area contributed by atoms with Crippen LogP contribution in [0.2, 0.25) is 0 Å². The molecule has 4 heteroatoms. The molecule has 0 aliphatic carbocycles. The molecule has 0 spiro atoms. The van der Waals surface area contributed by atoms with Crippen molar-refractivity contribution in [2.45, 2.75) is 50.9 Å². The van der Waals surface area contributed by atoms with Crippen LogP contribution in [-0.4, -0.2) is 35.1 Å². The van der Waals surface area contributed by atoms with Gasteiger partial charge < -0.3 is 21.9 Å². The second-order valence-electron chi connectivity index (χ2n) is 4.82. The van der Waals surface area contributed by atoms with Gasteiger partial charge in [0.15, 0.2) is 0 Å². The van der Waals surface area contributed by atoms with Crippen LogP contribution in [0, 0.1) is 12.8 Å². The average molecular weight is 342 g/mol. The van der Waals surface area contributed by atoms with E-state index >= 15 is 0 Å². The van der Waals surface area contributed by atoms with Crippen molar-refractivity contribution in [2.75, 3.05) is 6.61 Å². The van der Waals surface area contributed by atoms with Crippen LogP contribution in [0.5, 0.6) is 0 Å². The molecule has 107 valence electrons. The predicted octanol–water partition coefficient (Wildman–Crippen LogP) is 2.25. The van der Waals surface area contributed by atoms with Gasteiger partial charge in [0.2, 0.25) is 0 Å². The molecule has 0 aromatic carbocycles. The van der Waals surface area contributed by atoms with E-state index in [4.69, 9.17) is 9.84 Å². The van der Waals surface area contributed by atoms with Gasteiger partial charge in [0.1, 0.15) is 0 Å². The molecule has 0 aromatic rings. The SMILES string of the molecule is [CH2-][C@H](O)/C=C/[C@H]1OC[C@H](O)[C@@H]1CC/C=C\CCC.[Y]. The summed E-state index contributed by atoms with van der Waals surface area (Å²) in [6, 6.07) is 0. The van der Waals surface area contributed by atoms with Crippen LogP contribution in [0.1, 0.15) is 32.6 Å². The summed E-state index contributed by atoms with van der Waals surface area (Å²) >= 11 is 0. The Bertz CT molecular complexity index is 277. The van der Waals surface area contributed by atoms with E-state index in [0.717, 1.165) is 19.3 Å². The third kappa shape index (κ3) is 7.72. The number of aliphatic hydroxyl groups excluding tert-OH is 2. The van der Waals surface area contributed by atoms with Gasteiger partial charge in [0, 0.05) is 38.6 Å². The van der Waals surface area contributed by atoms with Crippen LogP contribution >= 0.6 is 0 Å². The fraction of sp³-hybridized carbons (Fsp3) is 0.667. The molecule has 4 atom stereocenters. The Morgan fingerprint density at radius 2 is 2.05 bits per heavy atom. The molecule has 19 heavy (non-hydrogen) atoms. The van der Waals surface area contributed by atoms with Crippen LogP contribution in [-0.2, 0) is 37.4 Å². The van der Waals surface area contributed by atoms with E-state index in [9.17, 15) is 5.11 Å². The van der Waals surface area contributed by atoms with Crippen LogP contribution in [0.3, 0.4) is 0 Å². The summed E-state index contributed by atoms with van der Waals surface area (Å²) in [5.74, 6) is 0.117. The summed E-state index contributed by atoms with van der Waals surface area (Å²) in [7, 11) is 0. The van der Waals surface area contributed by atoms with E-state index in [1.165, 1.54) is 6.42 Å². The maximum atomic E-state index is 9.87. The summed E-state index contributed by atoms with van der Waals surface area (Å²) < 4.78 is 5.51. The Balaban J connectivity index is 0.00000324. The predicted molar refractivity (Wildman–Crippen MR) is 73.0 cm³/mol. The fourth-order valence-electron chi connectivity index (χ4n) is 2.16. The first-order valence-electron chi connectivity index (χ1n) is 6.79. The Morgan fingerprint density at radius 1 is 1.37 bits per heavy atom. The largest absolute Gasteiger partial charge is 0.421 e. The number of aliphatic hydroxyl groups is 2. The standard InChI is InChI=1S/C15H25O3.Y/c1-3-4-5-6-7-8-13-14(17)11-18-15(13)10-9-12(2)16;/h5-6,9-10,12-17H,2-4,7-8,11H2,1H3;/q-1;/b6-5-,10-9+;/t12-,13-,14-,15+;/m0./s1. The topological polar surface area (TPSA) is 49.7 Å². The van der Waals surface area contributed by atoms with Crippen LogP contribution in [0.25, 0.3) is 0 Å². The molecule has 0 saturated carbocycles. The van der Waals surface area contributed by atoms with E-state index < -0.39 is 12.2 Å². The van der Waals surface area contributed by atoms with Crippen LogP contribution in [0.15, 0.2) is 24.3 Å². The monoisotopic (exact) mass is 342 g/mol. The minimum atomic E-state index is -0.712. The van der Waals surface area contributed by atoms with Crippen LogP contribution in [0.4, 0.5) is 0 Å². The summed E-state index contributed by atoms with van der Waals surface area (Å²) in [6.07, 6.45) is 10.7. The second-order valence-corrected chi connectivity index (χ2v) is 4.82. The molecule has 1 aliphatic rings. The van der Waals surface area contributed by atoms with Gasteiger partial charge in [0.25, 0.3) is 0 Å². The molecule has 1 rings (SSSR count). The van der Waals surface area contributed by atoms with E-state index in [2.05, 4.69) is 26.0 Å². The summed E-state index contributed by atoms with van der Waals surface area (Å²) in [5, 5.41) is 19.0. The Labute approximate surface area is 142 Å². The Morgan fingerprint density at radius 3 is 2.68 bits per heavy atom. The fourth-order valence-corrected chi connectivity index (χ4v) is 2.16. The number of hydrogen-bond donors (Lipinski definition) is 2. The van der Waals surface area contributed by atoms with E-state index in [-0.39, 0.29) is 44.7 Å². The maximum Gasteiger partial charge on any atom is 0.0830 e. The molecular weight excluding hydrogens is 317 g/mol. The first-order valence-corrected chi connectivity index (χ1v) is 6.79. The van der Waals surface area contributed by atoms with Gasteiger partial charge in [-0.2, -0.15) is 0 Å². The zero-order chi connectivity index (χ0) is 13.4. The Kier molecular flexibility index (Phi) is 11.4. The van der Waals surface area contributed by atoms with Crippen molar-refractivity contribution >= 4 is 0 Å². The molecule has 2 N–H and O–H groups in total. The molecule has 1 aliphatic heterocycles. The zero-order valence-corrected chi connectivity index (χ0v) is 14.6. The third-order valence-electron chi connectivity index (χ3n) is 3.19. The molecule has 0 unspecified atom stereocenters. The van der Waals surface area contributed by atoms with E-state index in [1.807, 2.05) is 6.08 Å². The molecule has 1 heterocycles. The molecule has 1 saturated heterocycles. The first-order chi connectivity index (χ1) is 8.65. The van der Waals surface area contributed by atoms with Crippen molar-refractivity contribution in [3.63, 3.8) is 0 Å². The molecule has 0 aromatic heterocycles. The van der Waals surface area contributed by atoms with Crippen molar-refractivity contribution in [1.82, 2.24) is 0 Å². The number of unbranched alkanes of at least 4 members (excludes halogenated alkanes) is 1. The zero-order valence-electron chi connectivity index (χ0n) is 11.7. The van der Waals surface area contributed by atoms with Crippen LogP contribution < -0.4 is 0 Å². The summed E-state index contributed by atoms with van der Waals surface area (Å²) in [6.45, 7) is 6.02. The molecular formula is C15H25O3Y-. The van der Waals surface area contributed by atoms with Crippen molar-refractivity contribution in [1.29, 1.82) is 0 Å². The quantitative estimate of drug-likeness (QED) is 0.551. The van der Waals surface area contributed by atoms with E-state index in [0.29, 0.717) is 6.61 Å². The van der Waals surface area contributed by atoms with Gasteiger partial charge in [-0.25, -0.2) is 0 Å². The molecule has 0 amide bonds. The van der Waals surface area contributed by atoms with Crippen molar-refractivity contribution < 1.29 is 47.7 Å². The van der Waals surface area contributed by atoms with E-state index in [1.54, 1.807) is 6.08 Å². The second kappa shape index (κ2) is 11.2. The van der Waals surface area contributed by atoms with Gasteiger partial charge in [-0.05, 0) is 19.3 Å². The third-order valence-corrected chi connectivity index (χ3v) is 3.19. The van der Waals surface area contributed by atoms with Gasteiger partial charge in [-0.1, -0.05) is 43.8 Å². The van der Waals surface area contributed by atoms with Gasteiger partial charge in [0.05, 0.1) is 18.8 Å². The minimum absolute atomic E-state index is 0. The average Bonchev–Trinajstić information content (AvgIpc) is 2.68. The van der Waals surface area contributed by atoms with Gasteiger partial charge >= 0.3 is 0 Å². The van der Waals surface area contributed by atoms with Crippen molar-refractivity contribution in [3.05, 3.63) is 31.2 Å². The first kappa shape index (κ1) is 19.5. The molecule has 3 nitrogen and oxygen atoms in total. The van der Waals surface area contributed by atoms with Gasteiger partial charge in [-0.3, -0.25) is 0 Å². The van der Waals surface area contributed by atoms with Crippen molar-refractivity contribution in [2.24, 2.45) is 5.92 Å². The number of ether oxygens (including phenoxy) is 1. The smallest absolute Gasteiger partial charge is 0.0830 e. The molecule has 0 bridgehead atoms. The normalized spacial score (nSPS) is 28.9. The summed E-state index contributed by atoms with van der Waals surface area (Å²) in [4.78, 5) is 0. The van der Waals surface area contributed by atoms with Gasteiger partial charge in [-0.15, -0.1) is 0 Å². The number of hydrogen-bond acceptors (Lipinski definition) is 3. The Hall–Kier alpha value is 0.464. The minimum Gasteiger partial charge on any atom is -0.421 e. The molecule has 1 fully saturated rings. The van der Waals surface area contributed by atoms with Crippen molar-refractivity contribution in [3.8, 4) is 0 Å².